The van der Waals surface area contributed by atoms with Gasteiger partial charge in [-0.15, -0.1) is 0 Å². The molecular weight excluding hydrogens is 497 g/mol. The third-order valence-corrected chi connectivity index (χ3v) is 7.75. The highest BCUT2D eigenvalue weighted by molar-refractivity contribution is 6.30. The average Bonchev–Trinajstić information content (AvgIpc) is 3.58. The van der Waals surface area contributed by atoms with Gasteiger partial charge in [-0.25, -0.2) is 0 Å². The normalized spacial score (nSPS) is 23.2. The number of fused-ring (bicyclic) bond motifs is 1. The number of benzene rings is 3. The third-order valence-electron chi connectivity index (χ3n) is 7.25. The number of carbonyl (C=O) groups is 1. The number of amides is 1. The second-order valence-corrected chi connectivity index (χ2v) is 11.1. The van der Waals surface area contributed by atoms with E-state index in [1.54, 1.807) is 49.1 Å². The molecule has 188 valence electrons. The zero-order chi connectivity index (χ0) is 25.7. The van der Waals surface area contributed by atoms with Crippen LogP contribution in [0.4, 0.5) is 0 Å². The lowest BCUT2D eigenvalue weighted by Crippen LogP contribution is -2.47. The summed E-state index contributed by atoms with van der Waals surface area (Å²) in [7, 11) is 0. The molecule has 1 aliphatic carbocycles. The first-order valence-corrected chi connectivity index (χ1v) is 12.8. The van der Waals surface area contributed by atoms with Crippen LogP contribution in [0.5, 0.6) is 0 Å². The fourth-order valence-electron chi connectivity index (χ4n) is 4.98. The molecule has 1 saturated carbocycles. The fraction of sp³-hybridized carbons (Fsp3) is 0.345. The molecule has 0 spiro atoms. The van der Waals surface area contributed by atoms with Gasteiger partial charge in [-0.05, 0) is 73.6 Å². The summed E-state index contributed by atoms with van der Waals surface area (Å²) in [5, 5.41) is 21.4. The van der Waals surface area contributed by atoms with Crippen molar-refractivity contribution in [3.05, 3.63) is 105 Å². The molecule has 0 bridgehead atoms. The van der Waals surface area contributed by atoms with Crippen molar-refractivity contribution < 1.29 is 19.7 Å². The van der Waals surface area contributed by atoms with Gasteiger partial charge in [0.05, 0.1) is 12.2 Å². The van der Waals surface area contributed by atoms with Gasteiger partial charge in [0, 0.05) is 39.9 Å². The summed E-state index contributed by atoms with van der Waals surface area (Å²) < 4.78 is 6.77. The standard InChI is InChI=1S/C29H29Cl2NO4/c1-28(2,35)22-7-12-26-25(14-22)27(34)32(15-18-3-8-23(30)9-4-18)29(26,21-5-10-24(31)11-6-21)36-17-20-13-19(20)16-33/h3-12,14,19-20,33,35H,13,15-17H2,1-2H3/t19?,20?,29-/m1/s1. The van der Waals surface area contributed by atoms with Gasteiger partial charge in [-0.3, -0.25) is 9.69 Å². The lowest BCUT2D eigenvalue weighted by molar-refractivity contribution is -0.116. The molecule has 3 aromatic carbocycles. The fourth-order valence-corrected chi connectivity index (χ4v) is 5.23. The van der Waals surface area contributed by atoms with Gasteiger partial charge in [0.15, 0.2) is 5.72 Å². The first-order chi connectivity index (χ1) is 17.1. The van der Waals surface area contributed by atoms with E-state index in [1.807, 2.05) is 36.4 Å². The van der Waals surface area contributed by atoms with E-state index >= 15 is 0 Å². The van der Waals surface area contributed by atoms with E-state index in [0.29, 0.717) is 34.3 Å². The van der Waals surface area contributed by atoms with Gasteiger partial charge in [0.1, 0.15) is 0 Å². The molecule has 7 heteroatoms. The Bertz CT molecular complexity index is 1270. The van der Waals surface area contributed by atoms with Crippen molar-refractivity contribution in [2.24, 2.45) is 11.8 Å². The molecule has 36 heavy (non-hydrogen) atoms. The molecule has 1 aliphatic heterocycles. The molecule has 3 aromatic rings. The second kappa shape index (κ2) is 9.47. The molecule has 2 unspecified atom stereocenters. The van der Waals surface area contributed by atoms with E-state index in [9.17, 15) is 15.0 Å². The predicted molar refractivity (Wildman–Crippen MR) is 140 cm³/mol. The Hall–Kier alpha value is -2.41. The van der Waals surface area contributed by atoms with Crippen LogP contribution < -0.4 is 0 Å². The van der Waals surface area contributed by atoms with Crippen LogP contribution in [0.1, 0.15) is 52.9 Å². The van der Waals surface area contributed by atoms with Gasteiger partial charge in [-0.1, -0.05) is 59.6 Å². The largest absolute Gasteiger partial charge is 0.396 e. The number of hydrogen-bond donors (Lipinski definition) is 2. The highest BCUT2D eigenvalue weighted by atomic mass is 35.5. The van der Waals surface area contributed by atoms with Crippen molar-refractivity contribution in [3.8, 4) is 0 Å². The molecule has 1 amide bonds. The molecule has 5 rings (SSSR count). The van der Waals surface area contributed by atoms with E-state index in [4.69, 9.17) is 27.9 Å². The molecule has 0 aromatic heterocycles. The summed E-state index contributed by atoms with van der Waals surface area (Å²) in [6.07, 6.45) is 0.892. The van der Waals surface area contributed by atoms with Crippen molar-refractivity contribution in [3.63, 3.8) is 0 Å². The van der Waals surface area contributed by atoms with E-state index < -0.39 is 11.3 Å². The van der Waals surface area contributed by atoms with Crippen LogP contribution in [-0.4, -0.2) is 34.2 Å². The third kappa shape index (κ3) is 4.55. The van der Waals surface area contributed by atoms with E-state index in [2.05, 4.69) is 0 Å². The Morgan fingerprint density at radius 2 is 1.64 bits per heavy atom. The van der Waals surface area contributed by atoms with Crippen molar-refractivity contribution in [1.82, 2.24) is 4.90 Å². The van der Waals surface area contributed by atoms with Crippen LogP contribution in [0.25, 0.3) is 0 Å². The number of aliphatic hydroxyl groups excluding tert-OH is 1. The zero-order valence-electron chi connectivity index (χ0n) is 20.2. The van der Waals surface area contributed by atoms with Crippen molar-refractivity contribution in [1.29, 1.82) is 0 Å². The van der Waals surface area contributed by atoms with E-state index in [-0.39, 0.29) is 24.3 Å². The summed E-state index contributed by atoms with van der Waals surface area (Å²) in [6, 6.07) is 20.3. The maximum Gasteiger partial charge on any atom is 0.257 e. The molecule has 2 aliphatic rings. The molecule has 5 nitrogen and oxygen atoms in total. The lowest BCUT2D eigenvalue weighted by Gasteiger charge is -2.40. The quantitative estimate of drug-likeness (QED) is 0.394. The monoisotopic (exact) mass is 525 g/mol. The molecule has 1 heterocycles. The van der Waals surface area contributed by atoms with Gasteiger partial charge in [0.25, 0.3) is 5.91 Å². The van der Waals surface area contributed by atoms with Gasteiger partial charge in [-0.2, -0.15) is 0 Å². The Morgan fingerprint density at radius 3 is 2.22 bits per heavy atom. The lowest BCUT2D eigenvalue weighted by atomic mass is 9.89. The van der Waals surface area contributed by atoms with Crippen LogP contribution >= 0.6 is 23.2 Å². The summed E-state index contributed by atoms with van der Waals surface area (Å²) in [4.78, 5) is 15.8. The van der Waals surface area contributed by atoms with Crippen LogP contribution in [0.15, 0.2) is 66.7 Å². The topological polar surface area (TPSA) is 70.0 Å². The van der Waals surface area contributed by atoms with Crippen LogP contribution in [0.3, 0.4) is 0 Å². The van der Waals surface area contributed by atoms with Crippen LogP contribution in [-0.2, 0) is 22.6 Å². The average molecular weight is 526 g/mol. The van der Waals surface area contributed by atoms with Crippen molar-refractivity contribution in [2.75, 3.05) is 13.2 Å². The molecule has 3 atom stereocenters. The summed E-state index contributed by atoms with van der Waals surface area (Å²) in [5.41, 5.74) is 1.25. The van der Waals surface area contributed by atoms with E-state index in [0.717, 1.165) is 23.1 Å². The number of halogens is 2. The van der Waals surface area contributed by atoms with Crippen LogP contribution in [0, 0.1) is 11.8 Å². The number of rotatable bonds is 8. The molecule has 1 fully saturated rings. The van der Waals surface area contributed by atoms with Gasteiger partial charge in [0.2, 0.25) is 0 Å². The Morgan fingerprint density at radius 1 is 1.00 bits per heavy atom. The maximum atomic E-state index is 14.1. The first-order valence-electron chi connectivity index (χ1n) is 12.1. The van der Waals surface area contributed by atoms with Gasteiger partial charge < -0.3 is 14.9 Å². The summed E-state index contributed by atoms with van der Waals surface area (Å²) in [5.74, 6) is 0.257. The Balaban J connectivity index is 1.67. The minimum atomic E-state index is -1.20. The van der Waals surface area contributed by atoms with Crippen molar-refractivity contribution in [2.45, 2.75) is 38.1 Å². The Kier molecular flexibility index (Phi) is 6.64. The van der Waals surface area contributed by atoms with Crippen LogP contribution in [0.2, 0.25) is 10.0 Å². The highest BCUT2D eigenvalue weighted by Gasteiger charge is 2.53. The number of carbonyl (C=O) groups excluding carboxylic acids is 1. The van der Waals surface area contributed by atoms with E-state index in [1.165, 1.54) is 0 Å². The molecule has 0 radical (unpaired) electrons. The predicted octanol–water partition coefficient (Wildman–Crippen LogP) is 5.72. The second-order valence-electron chi connectivity index (χ2n) is 10.2. The zero-order valence-corrected chi connectivity index (χ0v) is 21.8. The number of aliphatic hydroxyl groups is 2. The molecule has 0 saturated heterocycles. The van der Waals surface area contributed by atoms with Gasteiger partial charge >= 0.3 is 0 Å². The summed E-state index contributed by atoms with van der Waals surface area (Å²) >= 11 is 12.3. The van der Waals surface area contributed by atoms with Crippen molar-refractivity contribution >= 4 is 29.1 Å². The molecule has 2 N–H and O–H groups in total. The minimum Gasteiger partial charge on any atom is -0.396 e. The maximum absolute atomic E-state index is 14.1. The molecular formula is C29H29Cl2NO4. The number of hydrogen-bond acceptors (Lipinski definition) is 4. The Labute approximate surface area is 221 Å². The first kappa shape index (κ1) is 25.2. The SMILES string of the molecule is CC(C)(O)c1ccc2c(c1)C(=O)N(Cc1ccc(Cl)cc1)[C@@]2(OCC1CC1CO)c1ccc(Cl)cc1. The number of ether oxygens (including phenoxy) is 1. The summed E-state index contributed by atoms with van der Waals surface area (Å²) in [6.45, 7) is 4.21. The minimum absolute atomic E-state index is 0.126. The highest BCUT2D eigenvalue weighted by Crippen LogP contribution is 2.49. The number of nitrogens with zero attached hydrogens (tertiary/aromatic N) is 1. The smallest absolute Gasteiger partial charge is 0.257 e.